The third kappa shape index (κ3) is 5.44. The van der Waals surface area contributed by atoms with Crippen LogP contribution in [0, 0.1) is 5.82 Å². The second-order valence-electron chi connectivity index (χ2n) is 9.58. The molecule has 2 amide bonds. The van der Waals surface area contributed by atoms with E-state index in [2.05, 4.69) is 15.2 Å². The molecule has 4 rings (SSSR count). The molecule has 2 atom stereocenters. The molecule has 0 radical (unpaired) electrons. The van der Waals surface area contributed by atoms with Crippen LogP contribution in [0.3, 0.4) is 0 Å². The third-order valence-corrected chi connectivity index (χ3v) is 7.13. The van der Waals surface area contributed by atoms with Gasteiger partial charge < -0.3 is 15.2 Å². The van der Waals surface area contributed by atoms with Crippen molar-refractivity contribution in [2.75, 3.05) is 21.1 Å². The largest absolute Gasteiger partial charge is 0.360 e. The number of rotatable bonds is 7. The van der Waals surface area contributed by atoms with Gasteiger partial charge in [-0.15, -0.1) is 0 Å². The average Bonchev–Trinajstić information content (AvgIpc) is 3.26. The zero-order valence-electron chi connectivity index (χ0n) is 20.6. The van der Waals surface area contributed by atoms with Crippen LogP contribution in [0.2, 0.25) is 5.02 Å². The Labute approximate surface area is 214 Å². The fraction of sp³-hybridized carbons (Fsp3) is 0.370. The number of amides is 2. The number of aromatic amines is 1. The van der Waals surface area contributed by atoms with E-state index in [1.165, 1.54) is 37.3 Å². The standard InChI is InChI=1S/C27H30ClFN4O3/c1-32(2)27(36)25(34)20-14-30-23-13-21(28)19(12-18(20)23)26(35)31-22-6-4-5-7-24(22)33(3)15-16-8-10-17(29)11-9-16/h8-14,22,24,30H,4-7,15H2,1-3H3,(H,31,35)/t22?,24-/m0/s1. The minimum Gasteiger partial charge on any atom is -0.360 e. The number of nitrogens with one attached hydrogen (secondary N) is 2. The molecule has 1 fully saturated rings. The van der Waals surface area contributed by atoms with Gasteiger partial charge in [-0.2, -0.15) is 0 Å². The first-order chi connectivity index (χ1) is 17.2. The van der Waals surface area contributed by atoms with Gasteiger partial charge in [0.2, 0.25) is 0 Å². The van der Waals surface area contributed by atoms with Crippen LogP contribution in [0.5, 0.6) is 0 Å². The predicted octanol–water partition coefficient (Wildman–Crippen LogP) is 4.40. The highest BCUT2D eigenvalue weighted by Crippen LogP contribution is 2.29. The Morgan fingerprint density at radius 2 is 1.75 bits per heavy atom. The van der Waals surface area contributed by atoms with Crippen LogP contribution in [0.15, 0.2) is 42.6 Å². The van der Waals surface area contributed by atoms with Crippen molar-refractivity contribution in [1.82, 2.24) is 20.1 Å². The minimum absolute atomic E-state index is 0.0916. The smallest absolute Gasteiger partial charge is 0.294 e. The van der Waals surface area contributed by atoms with Crippen molar-refractivity contribution >= 4 is 40.1 Å². The SMILES string of the molecule is CN(C)C(=O)C(=O)c1c[nH]c2cc(Cl)c(C(=O)NC3CCCC[C@@H]3N(C)Cc3ccc(F)cc3)cc12. The number of Topliss-reactive ketones (excluding diaryl/α,β-unsaturated/α-hetero) is 1. The number of likely N-dealkylation sites (N-methyl/N-ethyl adjacent to an activating group) is 2. The molecule has 1 aliphatic carbocycles. The van der Waals surface area contributed by atoms with Crippen molar-refractivity contribution in [3.63, 3.8) is 0 Å². The maximum Gasteiger partial charge on any atom is 0.294 e. The third-order valence-electron chi connectivity index (χ3n) is 6.82. The van der Waals surface area contributed by atoms with Gasteiger partial charge in [-0.1, -0.05) is 36.6 Å². The van der Waals surface area contributed by atoms with E-state index in [0.29, 0.717) is 17.4 Å². The van der Waals surface area contributed by atoms with Crippen LogP contribution in [0.4, 0.5) is 4.39 Å². The van der Waals surface area contributed by atoms with Gasteiger partial charge >= 0.3 is 0 Å². The number of benzene rings is 2. The maximum absolute atomic E-state index is 13.4. The van der Waals surface area contributed by atoms with Crippen LogP contribution in [0.25, 0.3) is 10.9 Å². The first kappa shape index (κ1) is 25.9. The number of ketones is 1. The monoisotopic (exact) mass is 512 g/mol. The van der Waals surface area contributed by atoms with Gasteiger partial charge in [-0.05, 0) is 49.7 Å². The van der Waals surface area contributed by atoms with E-state index in [0.717, 1.165) is 31.2 Å². The molecule has 0 aliphatic heterocycles. The summed E-state index contributed by atoms with van der Waals surface area (Å²) in [5.41, 5.74) is 2.02. The van der Waals surface area contributed by atoms with E-state index in [1.54, 1.807) is 24.3 Å². The van der Waals surface area contributed by atoms with Gasteiger partial charge in [0.15, 0.2) is 0 Å². The topological polar surface area (TPSA) is 85.5 Å². The molecule has 9 heteroatoms. The summed E-state index contributed by atoms with van der Waals surface area (Å²) in [5.74, 6) is -1.90. The quantitative estimate of drug-likeness (QED) is 0.363. The maximum atomic E-state index is 13.4. The Hall–Kier alpha value is -3.23. The number of hydrogen-bond acceptors (Lipinski definition) is 4. The van der Waals surface area contributed by atoms with Crippen LogP contribution >= 0.6 is 11.6 Å². The Morgan fingerprint density at radius 1 is 1.06 bits per heavy atom. The fourth-order valence-corrected chi connectivity index (χ4v) is 5.12. The summed E-state index contributed by atoms with van der Waals surface area (Å²) in [6.45, 7) is 0.638. The minimum atomic E-state index is -0.658. The Bertz CT molecular complexity index is 1290. The van der Waals surface area contributed by atoms with Gasteiger partial charge in [-0.25, -0.2) is 4.39 Å². The van der Waals surface area contributed by atoms with Crippen molar-refractivity contribution in [3.05, 3.63) is 70.1 Å². The second kappa shape index (κ2) is 10.8. The highest BCUT2D eigenvalue weighted by molar-refractivity contribution is 6.45. The molecular weight excluding hydrogens is 483 g/mol. The summed E-state index contributed by atoms with van der Waals surface area (Å²) in [6.07, 6.45) is 5.29. The molecule has 3 aromatic rings. The number of fused-ring (bicyclic) bond motifs is 1. The first-order valence-corrected chi connectivity index (χ1v) is 12.4. The van der Waals surface area contributed by atoms with Crippen LogP contribution in [-0.2, 0) is 11.3 Å². The molecule has 2 aromatic carbocycles. The highest BCUT2D eigenvalue weighted by Gasteiger charge is 2.31. The van der Waals surface area contributed by atoms with E-state index in [4.69, 9.17) is 11.6 Å². The lowest BCUT2D eigenvalue weighted by Crippen LogP contribution is -2.52. The van der Waals surface area contributed by atoms with Crippen LogP contribution in [-0.4, -0.2) is 65.6 Å². The molecule has 7 nitrogen and oxygen atoms in total. The Balaban J connectivity index is 1.55. The molecule has 1 heterocycles. The number of aromatic nitrogens is 1. The predicted molar refractivity (Wildman–Crippen MR) is 138 cm³/mol. The summed E-state index contributed by atoms with van der Waals surface area (Å²) < 4.78 is 13.3. The number of nitrogens with zero attached hydrogens (tertiary/aromatic N) is 2. The zero-order chi connectivity index (χ0) is 26.0. The van der Waals surface area contributed by atoms with Gasteiger partial charge in [0.25, 0.3) is 17.6 Å². The molecule has 1 aromatic heterocycles. The molecule has 0 bridgehead atoms. The summed E-state index contributed by atoms with van der Waals surface area (Å²) >= 11 is 6.45. The van der Waals surface area contributed by atoms with Gasteiger partial charge in [-0.3, -0.25) is 19.3 Å². The van der Waals surface area contributed by atoms with E-state index >= 15 is 0 Å². The van der Waals surface area contributed by atoms with Crippen LogP contribution < -0.4 is 5.32 Å². The molecule has 36 heavy (non-hydrogen) atoms. The number of halogens is 2. The summed E-state index contributed by atoms with van der Waals surface area (Å²) in [6, 6.07) is 9.63. The number of hydrogen-bond donors (Lipinski definition) is 2. The molecule has 0 spiro atoms. The summed E-state index contributed by atoms with van der Waals surface area (Å²) in [7, 11) is 5.04. The summed E-state index contributed by atoms with van der Waals surface area (Å²) in [5, 5.41) is 3.88. The Kier molecular flexibility index (Phi) is 7.76. The van der Waals surface area contributed by atoms with Gasteiger partial charge in [0.05, 0.1) is 16.1 Å². The van der Waals surface area contributed by atoms with Crippen molar-refractivity contribution in [2.45, 2.75) is 44.3 Å². The van der Waals surface area contributed by atoms with Crippen molar-refractivity contribution in [2.24, 2.45) is 0 Å². The molecule has 2 N–H and O–H groups in total. The van der Waals surface area contributed by atoms with Crippen LogP contribution in [0.1, 0.15) is 52.0 Å². The number of H-pyrrole nitrogens is 1. The molecule has 1 unspecified atom stereocenters. The fourth-order valence-electron chi connectivity index (χ4n) is 4.87. The lowest BCUT2D eigenvalue weighted by molar-refractivity contribution is -0.124. The average molecular weight is 513 g/mol. The molecule has 1 saturated carbocycles. The second-order valence-corrected chi connectivity index (χ2v) is 9.99. The van der Waals surface area contributed by atoms with E-state index < -0.39 is 11.7 Å². The Morgan fingerprint density at radius 3 is 2.44 bits per heavy atom. The number of carbonyl (C=O) groups is 3. The summed E-state index contributed by atoms with van der Waals surface area (Å²) in [4.78, 5) is 44.6. The van der Waals surface area contributed by atoms with Gasteiger partial charge in [0.1, 0.15) is 5.82 Å². The zero-order valence-corrected chi connectivity index (χ0v) is 21.4. The van der Waals surface area contributed by atoms with Crippen molar-refractivity contribution in [1.29, 1.82) is 0 Å². The first-order valence-electron chi connectivity index (χ1n) is 12.0. The van der Waals surface area contributed by atoms with E-state index in [-0.39, 0.29) is 40.0 Å². The molecular formula is C27H30ClFN4O3. The highest BCUT2D eigenvalue weighted by atomic mass is 35.5. The lowest BCUT2D eigenvalue weighted by Gasteiger charge is -2.38. The normalized spacial score (nSPS) is 17.8. The van der Waals surface area contributed by atoms with E-state index in [1.807, 2.05) is 7.05 Å². The molecule has 190 valence electrons. The number of carbonyl (C=O) groups excluding carboxylic acids is 3. The van der Waals surface area contributed by atoms with E-state index in [9.17, 15) is 18.8 Å². The van der Waals surface area contributed by atoms with Crippen molar-refractivity contribution in [3.8, 4) is 0 Å². The van der Waals surface area contributed by atoms with Crippen molar-refractivity contribution < 1.29 is 18.8 Å². The molecule has 0 saturated heterocycles. The van der Waals surface area contributed by atoms with Gasteiger partial charge in [0, 0.05) is 49.8 Å². The molecule has 1 aliphatic rings. The lowest BCUT2D eigenvalue weighted by atomic mass is 9.88.